The fraction of sp³-hybridized carbons (Fsp3) is 0.308. The minimum absolute atomic E-state index is 0.00308. The van der Waals surface area contributed by atoms with Crippen LogP contribution in [0.1, 0.15) is 58.2 Å². The Morgan fingerprint density at radius 3 is 2.38 bits per heavy atom. The smallest absolute Gasteiger partial charge is 0.273 e. The normalized spacial score (nSPS) is 16.6. The van der Waals surface area contributed by atoms with Gasteiger partial charge in [-0.25, -0.2) is 4.98 Å². The van der Waals surface area contributed by atoms with E-state index in [9.17, 15) is 10.1 Å². The summed E-state index contributed by atoms with van der Waals surface area (Å²) in [5, 5.41) is 21.9. The number of hydrogen-bond acceptors (Lipinski definition) is 7. The number of nitrogens with one attached hydrogen (secondary N) is 1. The molecule has 4 rings (SSSR count). The zero-order valence-corrected chi connectivity index (χ0v) is 19.9. The van der Waals surface area contributed by atoms with E-state index >= 15 is 0 Å². The van der Waals surface area contributed by atoms with Gasteiger partial charge in [0.15, 0.2) is 0 Å². The maximum atomic E-state index is 12.7. The van der Waals surface area contributed by atoms with Gasteiger partial charge < -0.3 is 10.1 Å². The number of thiazole rings is 1. The van der Waals surface area contributed by atoms with Crippen LogP contribution >= 0.6 is 11.3 Å². The van der Waals surface area contributed by atoms with E-state index < -0.39 is 0 Å². The number of rotatable bonds is 7. The van der Waals surface area contributed by atoms with E-state index in [1.54, 1.807) is 24.3 Å². The molecule has 1 saturated heterocycles. The van der Waals surface area contributed by atoms with E-state index in [-0.39, 0.29) is 24.1 Å². The van der Waals surface area contributed by atoms with E-state index in [1.807, 2.05) is 44.3 Å². The average Bonchev–Trinajstić information content (AvgIpc) is 3.49. The Morgan fingerprint density at radius 1 is 1.12 bits per heavy atom. The first kappa shape index (κ1) is 23.4. The third-order valence-corrected chi connectivity index (χ3v) is 6.60. The summed E-state index contributed by atoms with van der Waals surface area (Å²) in [7, 11) is 0. The predicted molar refractivity (Wildman–Crippen MR) is 129 cm³/mol. The SMILES string of the molecule is CC(C)Oc1ncc(C(c2ccc(C#N)cc2)N2CC[C@@H](NC(=O)c3ccc(C#N)cc3)C2)s1. The van der Waals surface area contributed by atoms with Gasteiger partial charge in [-0.2, -0.15) is 10.5 Å². The molecule has 8 heteroatoms. The molecule has 2 atom stereocenters. The highest BCUT2D eigenvalue weighted by molar-refractivity contribution is 7.13. The van der Waals surface area contributed by atoms with Crippen LogP contribution in [-0.4, -0.2) is 41.0 Å². The monoisotopic (exact) mass is 471 g/mol. The molecule has 0 saturated carbocycles. The first-order chi connectivity index (χ1) is 16.5. The van der Waals surface area contributed by atoms with Gasteiger partial charge in [0.1, 0.15) is 0 Å². The van der Waals surface area contributed by atoms with E-state index in [0.717, 1.165) is 23.4 Å². The largest absolute Gasteiger partial charge is 0.467 e. The Labute approximate surface area is 203 Å². The van der Waals surface area contributed by atoms with Crippen molar-refractivity contribution in [2.45, 2.75) is 38.5 Å². The van der Waals surface area contributed by atoms with Gasteiger partial charge in [0.25, 0.3) is 11.1 Å². The van der Waals surface area contributed by atoms with Crippen LogP contribution < -0.4 is 10.1 Å². The van der Waals surface area contributed by atoms with Crippen molar-refractivity contribution >= 4 is 17.2 Å². The van der Waals surface area contributed by atoms with Crippen LogP contribution in [0.15, 0.2) is 54.7 Å². The second kappa shape index (κ2) is 10.5. The molecule has 0 aliphatic carbocycles. The third kappa shape index (κ3) is 5.43. The number of benzene rings is 2. The quantitative estimate of drug-likeness (QED) is 0.552. The fourth-order valence-electron chi connectivity index (χ4n) is 4.05. The topological polar surface area (TPSA) is 102 Å². The number of carbonyl (C=O) groups excluding carboxylic acids is 1. The Balaban J connectivity index is 1.52. The number of nitrogens with zero attached hydrogens (tertiary/aromatic N) is 4. The van der Waals surface area contributed by atoms with Crippen LogP contribution in [-0.2, 0) is 0 Å². The molecule has 1 N–H and O–H groups in total. The summed E-state index contributed by atoms with van der Waals surface area (Å²) in [5.74, 6) is -0.142. The molecule has 2 aromatic carbocycles. The molecule has 34 heavy (non-hydrogen) atoms. The number of aromatic nitrogens is 1. The Morgan fingerprint density at radius 2 is 1.76 bits per heavy atom. The van der Waals surface area contributed by atoms with Crippen molar-refractivity contribution in [3.8, 4) is 17.3 Å². The van der Waals surface area contributed by atoms with E-state index in [2.05, 4.69) is 27.3 Å². The molecule has 1 aliphatic rings. The number of nitriles is 2. The van der Waals surface area contributed by atoms with Crippen molar-refractivity contribution in [1.82, 2.24) is 15.2 Å². The second-order valence-corrected chi connectivity index (χ2v) is 9.50. The minimum Gasteiger partial charge on any atom is -0.467 e. The molecule has 3 aromatic rings. The first-order valence-corrected chi connectivity index (χ1v) is 12.0. The van der Waals surface area contributed by atoms with Gasteiger partial charge in [-0.1, -0.05) is 23.5 Å². The maximum Gasteiger partial charge on any atom is 0.273 e. The minimum atomic E-state index is -0.142. The molecule has 2 heterocycles. The standard InChI is InChI=1S/C26H25N5O2S/c1-17(2)33-26-29-15-23(34-26)24(20-7-3-18(13-27)4-8-20)31-12-11-22(16-31)30-25(32)21-9-5-19(14-28)6-10-21/h3-10,15,17,22,24H,11-12,16H2,1-2H3,(H,30,32)/t22-,24?/m1/s1. The van der Waals surface area contributed by atoms with Crippen LogP contribution in [0, 0.1) is 22.7 Å². The van der Waals surface area contributed by atoms with Crippen LogP contribution in [0.5, 0.6) is 5.19 Å². The summed E-state index contributed by atoms with van der Waals surface area (Å²) in [6.45, 7) is 5.44. The average molecular weight is 472 g/mol. The predicted octanol–water partition coefficient (Wildman–Crippen LogP) is 4.27. The lowest BCUT2D eigenvalue weighted by Crippen LogP contribution is -2.38. The fourth-order valence-corrected chi connectivity index (χ4v) is 5.10. The van der Waals surface area contributed by atoms with E-state index in [0.29, 0.717) is 28.4 Å². The summed E-state index contributed by atoms with van der Waals surface area (Å²) < 4.78 is 5.79. The molecular formula is C26H25N5O2S. The van der Waals surface area contributed by atoms with E-state index in [1.165, 1.54) is 11.3 Å². The van der Waals surface area contributed by atoms with Crippen molar-refractivity contribution in [2.24, 2.45) is 0 Å². The third-order valence-electron chi connectivity index (χ3n) is 5.66. The van der Waals surface area contributed by atoms with Crippen molar-refractivity contribution in [3.63, 3.8) is 0 Å². The molecule has 7 nitrogen and oxygen atoms in total. The Hall–Kier alpha value is -3.72. The van der Waals surface area contributed by atoms with Gasteiger partial charge in [0, 0.05) is 35.8 Å². The number of amides is 1. The first-order valence-electron chi connectivity index (χ1n) is 11.1. The molecule has 1 aliphatic heterocycles. The summed E-state index contributed by atoms with van der Waals surface area (Å²) in [6.07, 6.45) is 2.72. The van der Waals surface area contributed by atoms with Gasteiger partial charge >= 0.3 is 0 Å². The van der Waals surface area contributed by atoms with Gasteiger partial charge in [-0.15, -0.1) is 0 Å². The van der Waals surface area contributed by atoms with Gasteiger partial charge in [0.2, 0.25) is 0 Å². The van der Waals surface area contributed by atoms with Gasteiger partial charge in [0.05, 0.1) is 35.4 Å². The van der Waals surface area contributed by atoms with Crippen LogP contribution in [0.2, 0.25) is 0 Å². The number of ether oxygens (including phenoxy) is 1. The zero-order valence-electron chi connectivity index (χ0n) is 19.1. The zero-order chi connectivity index (χ0) is 24.1. The molecule has 1 amide bonds. The van der Waals surface area contributed by atoms with Gasteiger partial charge in [-0.3, -0.25) is 9.69 Å². The molecule has 1 aromatic heterocycles. The molecule has 0 radical (unpaired) electrons. The van der Waals surface area contributed by atoms with Crippen LogP contribution in [0.3, 0.4) is 0 Å². The molecule has 0 bridgehead atoms. The van der Waals surface area contributed by atoms with Crippen molar-refractivity contribution in [3.05, 3.63) is 81.9 Å². The summed E-state index contributed by atoms with van der Waals surface area (Å²) in [6, 6.07) is 18.5. The summed E-state index contributed by atoms with van der Waals surface area (Å²) in [4.78, 5) is 20.6. The molecule has 1 unspecified atom stereocenters. The lowest BCUT2D eigenvalue weighted by Gasteiger charge is -2.27. The van der Waals surface area contributed by atoms with Crippen LogP contribution in [0.25, 0.3) is 0 Å². The highest BCUT2D eigenvalue weighted by atomic mass is 32.1. The highest BCUT2D eigenvalue weighted by Crippen LogP contribution is 2.37. The van der Waals surface area contributed by atoms with Crippen molar-refractivity contribution in [2.75, 3.05) is 13.1 Å². The number of likely N-dealkylation sites (tertiary alicyclic amines) is 1. The number of carbonyl (C=O) groups is 1. The Kier molecular flexibility index (Phi) is 7.22. The van der Waals surface area contributed by atoms with Crippen LogP contribution in [0.4, 0.5) is 0 Å². The molecule has 1 fully saturated rings. The lowest BCUT2D eigenvalue weighted by molar-refractivity contribution is 0.0937. The Bertz CT molecular complexity index is 1220. The molecule has 0 spiro atoms. The molecule has 172 valence electrons. The summed E-state index contributed by atoms with van der Waals surface area (Å²) >= 11 is 1.52. The number of hydrogen-bond donors (Lipinski definition) is 1. The van der Waals surface area contributed by atoms with Gasteiger partial charge in [-0.05, 0) is 62.2 Å². The van der Waals surface area contributed by atoms with Crippen molar-refractivity contribution in [1.29, 1.82) is 10.5 Å². The maximum absolute atomic E-state index is 12.7. The second-order valence-electron chi connectivity index (χ2n) is 8.47. The van der Waals surface area contributed by atoms with E-state index in [4.69, 9.17) is 10.00 Å². The summed E-state index contributed by atoms with van der Waals surface area (Å²) in [5.41, 5.74) is 2.75. The van der Waals surface area contributed by atoms with Crippen molar-refractivity contribution < 1.29 is 9.53 Å². The molecular weight excluding hydrogens is 446 g/mol. The lowest BCUT2D eigenvalue weighted by atomic mass is 10.0. The highest BCUT2D eigenvalue weighted by Gasteiger charge is 2.32.